The van der Waals surface area contributed by atoms with Crippen LogP contribution >= 0.6 is 0 Å². The first-order valence-electron chi connectivity index (χ1n) is 8.08. The first kappa shape index (κ1) is 17.9. The second kappa shape index (κ2) is 7.45. The van der Waals surface area contributed by atoms with Crippen molar-refractivity contribution in [2.45, 2.75) is 34.1 Å². The van der Waals surface area contributed by atoms with Crippen molar-refractivity contribution in [3.63, 3.8) is 0 Å². The van der Waals surface area contributed by atoms with Gasteiger partial charge < -0.3 is 0 Å². The van der Waals surface area contributed by atoms with Crippen molar-refractivity contribution in [3.8, 4) is 0 Å². The predicted octanol–water partition coefficient (Wildman–Crippen LogP) is 4.50. The van der Waals surface area contributed by atoms with Gasteiger partial charge in [-0.1, -0.05) is 36.4 Å². The third-order valence-electron chi connectivity index (χ3n) is 4.53. The number of nitrogens with zero attached hydrogens (tertiary/aromatic N) is 2. The van der Waals surface area contributed by atoms with Gasteiger partial charge in [-0.05, 0) is 49.9 Å². The van der Waals surface area contributed by atoms with Crippen LogP contribution in [0.5, 0.6) is 0 Å². The van der Waals surface area contributed by atoms with Crippen molar-refractivity contribution in [3.05, 3.63) is 58.7 Å². The Morgan fingerprint density at radius 2 is 1.35 bits per heavy atom. The summed E-state index contributed by atoms with van der Waals surface area (Å²) in [6, 6.07) is 13.1. The zero-order valence-corrected chi connectivity index (χ0v) is 16.6. The van der Waals surface area contributed by atoms with Gasteiger partial charge in [-0.3, -0.25) is 0 Å². The number of rotatable bonds is 2. The van der Waals surface area contributed by atoms with E-state index in [9.17, 15) is 0 Å². The quantitative estimate of drug-likeness (QED) is 0.565. The standard InChI is InChI=1S/C20H25N2.Pt/c1-15-8-5-9-16(2)19(15)21-12-7-13-22(14-21)20-17(3)10-6-11-18(20)4;/h5-6,8-11,14H,7,12-13H2,1-4H3;/q+1;+2. The Hall–Kier alpha value is -1.40. The van der Waals surface area contributed by atoms with Gasteiger partial charge in [0, 0.05) is 6.42 Å². The molecule has 2 aromatic carbocycles. The average molecular weight is 489 g/mol. The Balaban J connectivity index is 0.00000192. The van der Waals surface area contributed by atoms with Gasteiger partial charge in [0.2, 0.25) is 6.34 Å². The van der Waals surface area contributed by atoms with Crippen LogP contribution in [0.25, 0.3) is 0 Å². The summed E-state index contributed by atoms with van der Waals surface area (Å²) >= 11 is 0. The SMILES string of the molecule is Cc1cccc(C)c1N1C=[N+](c2c(C)cccc2C)CCC1.[Pt+2]. The normalized spacial score (nSPS) is 14.3. The van der Waals surface area contributed by atoms with Gasteiger partial charge in [-0.25, -0.2) is 9.48 Å². The molecule has 0 saturated carbocycles. The number of para-hydroxylation sites is 2. The van der Waals surface area contributed by atoms with Crippen LogP contribution in [0, 0.1) is 27.7 Å². The maximum absolute atomic E-state index is 2.42. The molecule has 0 saturated heterocycles. The fourth-order valence-corrected chi connectivity index (χ4v) is 3.55. The fraction of sp³-hybridized carbons (Fsp3) is 0.350. The molecule has 0 amide bonds. The molecule has 23 heavy (non-hydrogen) atoms. The summed E-state index contributed by atoms with van der Waals surface area (Å²) in [6.45, 7) is 11.0. The maximum Gasteiger partial charge on any atom is 2.00 e. The smallest absolute Gasteiger partial charge is 0.233 e. The van der Waals surface area contributed by atoms with Gasteiger partial charge in [-0.2, -0.15) is 0 Å². The zero-order valence-electron chi connectivity index (χ0n) is 14.4. The van der Waals surface area contributed by atoms with Crippen molar-refractivity contribution in [1.29, 1.82) is 0 Å². The van der Waals surface area contributed by atoms with Crippen LogP contribution in [0.15, 0.2) is 36.4 Å². The number of hydrogen-bond donors (Lipinski definition) is 0. The molecule has 1 aliphatic rings. The van der Waals surface area contributed by atoms with Crippen molar-refractivity contribution in [1.82, 2.24) is 0 Å². The van der Waals surface area contributed by atoms with Crippen LogP contribution < -0.4 is 4.90 Å². The Labute approximate surface area is 154 Å². The number of benzene rings is 2. The fourth-order valence-electron chi connectivity index (χ4n) is 3.55. The van der Waals surface area contributed by atoms with E-state index in [1.165, 1.54) is 40.0 Å². The molecule has 3 rings (SSSR count). The van der Waals surface area contributed by atoms with Crippen molar-refractivity contribution >= 4 is 17.7 Å². The minimum absolute atomic E-state index is 0. The molecular weight excluding hydrogens is 463 g/mol. The Morgan fingerprint density at radius 1 is 0.826 bits per heavy atom. The predicted molar refractivity (Wildman–Crippen MR) is 94.6 cm³/mol. The third-order valence-corrected chi connectivity index (χ3v) is 4.53. The minimum atomic E-state index is 0. The largest absolute Gasteiger partial charge is 2.00 e. The van der Waals surface area contributed by atoms with Crippen molar-refractivity contribution < 1.29 is 25.6 Å². The first-order valence-corrected chi connectivity index (χ1v) is 8.08. The van der Waals surface area contributed by atoms with E-state index < -0.39 is 0 Å². The molecule has 0 bridgehead atoms. The number of hydrogen-bond acceptors (Lipinski definition) is 1. The van der Waals surface area contributed by atoms with E-state index in [0.717, 1.165) is 13.1 Å². The summed E-state index contributed by atoms with van der Waals surface area (Å²) in [7, 11) is 0. The molecule has 3 heteroatoms. The molecule has 0 unspecified atom stereocenters. The van der Waals surface area contributed by atoms with Gasteiger partial charge in [0.25, 0.3) is 0 Å². The second-order valence-electron chi connectivity index (χ2n) is 6.34. The van der Waals surface area contributed by atoms with Gasteiger partial charge in [0.05, 0.1) is 13.1 Å². The van der Waals surface area contributed by atoms with Crippen LogP contribution in [-0.4, -0.2) is 24.0 Å². The van der Waals surface area contributed by atoms with E-state index in [4.69, 9.17) is 0 Å². The molecule has 2 aromatic rings. The summed E-state index contributed by atoms with van der Waals surface area (Å²) in [4.78, 5) is 2.42. The van der Waals surface area contributed by atoms with E-state index in [2.05, 4.69) is 79.9 Å². The van der Waals surface area contributed by atoms with Crippen LogP contribution in [0.4, 0.5) is 11.4 Å². The molecule has 122 valence electrons. The Kier molecular flexibility index (Phi) is 5.81. The molecule has 0 aliphatic carbocycles. The number of anilines is 1. The molecule has 0 N–H and O–H groups in total. The molecule has 0 aromatic heterocycles. The third kappa shape index (κ3) is 3.58. The van der Waals surface area contributed by atoms with E-state index >= 15 is 0 Å². The van der Waals surface area contributed by atoms with Crippen molar-refractivity contribution in [2.24, 2.45) is 0 Å². The van der Waals surface area contributed by atoms with Crippen molar-refractivity contribution in [2.75, 3.05) is 18.0 Å². The Bertz CT molecular complexity index is 694. The summed E-state index contributed by atoms with van der Waals surface area (Å²) < 4.78 is 2.42. The van der Waals surface area contributed by atoms with Crippen LogP contribution in [0.3, 0.4) is 0 Å². The summed E-state index contributed by atoms with van der Waals surface area (Å²) in [5, 5.41) is 0. The van der Waals surface area contributed by atoms with Crippen LogP contribution in [0.1, 0.15) is 28.7 Å². The van der Waals surface area contributed by atoms with Gasteiger partial charge in [-0.15, -0.1) is 0 Å². The first-order chi connectivity index (χ1) is 10.6. The molecule has 0 atom stereocenters. The topological polar surface area (TPSA) is 6.25 Å². The van der Waals surface area contributed by atoms with Gasteiger partial charge in [0.1, 0.15) is 11.4 Å². The maximum atomic E-state index is 2.42. The molecular formula is C20H25N2Pt+3. The average Bonchev–Trinajstić information content (AvgIpc) is 2.47. The van der Waals surface area contributed by atoms with E-state index in [0.29, 0.717) is 0 Å². The second-order valence-corrected chi connectivity index (χ2v) is 6.34. The van der Waals surface area contributed by atoms with E-state index in [1.54, 1.807) is 0 Å². The van der Waals surface area contributed by atoms with E-state index in [1.807, 2.05) is 0 Å². The monoisotopic (exact) mass is 488 g/mol. The summed E-state index contributed by atoms with van der Waals surface area (Å²) in [5.74, 6) is 0. The zero-order chi connectivity index (χ0) is 15.7. The van der Waals surface area contributed by atoms with Gasteiger partial charge in [0.15, 0.2) is 0 Å². The minimum Gasteiger partial charge on any atom is -0.233 e. The summed E-state index contributed by atoms with van der Waals surface area (Å²) in [6.07, 6.45) is 3.48. The van der Waals surface area contributed by atoms with Crippen LogP contribution in [-0.2, 0) is 21.1 Å². The molecule has 0 radical (unpaired) electrons. The Morgan fingerprint density at radius 3 is 1.91 bits per heavy atom. The van der Waals surface area contributed by atoms with E-state index in [-0.39, 0.29) is 21.1 Å². The molecule has 0 fully saturated rings. The molecule has 1 aliphatic heterocycles. The summed E-state index contributed by atoms with van der Waals surface area (Å²) in [5.41, 5.74) is 8.11. The number of aryl methyl sites for hydroxylation is 4. The molecule has 1 heterocycles. The van der Waals surface area contributed by atoms with Crippen LogP contribution in [0.2, 0.25) is 0 Å². The molecule has 2 nitrogen and oxygen atoms in total. The van der Waals surface area contributed by atoms with Gasteiger partial charge >= 0.3 is 21.1 Å². The molecule has 0 spiro atoms.